The summed E-state index contributed by atoms with van der Waals surface area (Å²) in [4.78, 5) is 22.1. The summed E-state index contributed by atoms with van der Waals surface area (Å²) in [6.45, 7) is 4.77. The van der Waals surface area contributed by atoms with Gasteiger partial charge in [-0.25, -0.2) is 0 Å². The largest absolute Gasteiger partial charge is 0.442 e. The first-order chi connectivity index (χ1) is 6.52. The SMILES string of the molecule is CC(=O)OC(C)n1c(C)cccc1=O. The van der Waals surface area contributed by atoms with Crippen molar-refractivity contribution in [2.75, 3.05) is 0 Å². The van der Waals surface area contributed by atoms with E-state index < -0.39 is 12.2 Å². The van der Waals surface area contributed by atoms with Gasteiger partial charge in [-0.1, -0.05) is 6.07 Å². The Hall–Kier alpha value is -1.58. The number of pyridine rings is 1. The van der Waals surface area contributed by atoms with E-state index >= 15 is 0 Å². The normalized spacial score (nSPS) is 12.2. The van der Waals surface area contributed by atoms with Crippen LogP contribution >= 0.6 is 0 Å². The fourth-order valence-electron chi connectivity index (χ4n) is 1.36. The molecule has 0 radical (unpaired) electrons. The lowest BCUT2D eigenvalue weighted by Crippen LogP contribution is -2.26. The first-order valence-corrected chi connectivity index (χ1v) is 4.37. The minimum atomic E-state index is -0.554. The van der Waals surface area contributed by atoms with Crippen LogP contribution in [-0.4, -0.2) is 10.5 Å². The first kappa shape index (κ1) is 10.5. The summed E-state index contributed by atoms with van der Waals surface area (Å²) in [5.74, 6) is -0.396. The summed E-state index contributed by atoms with van der Waals surface area (Å²) in [6, 6.07) is 4.91. The predicted molar refractivity (Wildman–Crippen MR) is 51.9 cm³/mol. The number of aryl methyl sites for hydroxylation is 1. The van der Waals surface area contributed by atoms with Gasteiger partial charge in [0.2, 0.25) is 0 Å². The highest BCUT2D eigenvalue weighted by atomic mass is 16.6. The zero-order chi connectivity index (χ0) is 10.7. The average Bonchev–Trinajstić information content (AvgIpc) is 2.01. The monoisotopic (exact) mass is 195 g/mol. The maximum atomic E-state index is 11.4. The summed E-state index contributed by atoms with van der Waals surface area (Å²) >= 11 is 0. The molecule has 0 N–H and O–H groups in total. The van der Waals surface area contributed by atoms with Gasteiger partial charge in [0.15, 0.2) is 6.23 Å². The number of carbonyl (C=O) groups excluding carboxylic acids is 1. The number of hydrogen-bond acceptors (Lipinski definition) is 3. The van der Waals surface area contributed by atoms with Crippen LogP contribution in [0.3, 0.4) is 0 Å². The lowest BCUT2D eigenvalue weighted by Gasteiger charge is -2.17. The fraction of sp³-hybridized carbons (Fsp3) is 0.400. The molecule has 0 aliphatic heterocycles. The average molecular weight is 195 g/mol. The Labute approximate surface area is 82.1 Å². The van der Waals surface area contributed by atoms with Crippen molar-refractivity contribution in [2.45, 2.75) is 27.0 Å². The minimum absolute atomic E-state index is 0.168. The van der Waals surface area contributed by atoms with Crippen LogP contribution in [0.25, 0.3) is 0 Å². The van der Waals surface area contributed by atoms with Crippen molar-refractivity contribution in [3.05, 3.63) is 34.2 Å². The van der Waals surface area contributed by atoms with Crippen LogP contribution in [0.15, 0.2) is 23.0 Å². The maximum Gasteiger partial charge on any atom is 0.304 e. The Morgan fingerprint density at radius 3 is 2.64 bits per heavy atom. The molecule has 1 heterocycles. The lowest BCUT2D eigenvalue weighted by molar-refractivity contribution is -0.149. The maximum absolute atomic E-state index is 11.4. The third kappa shape index (κ3) is 2.22. The molecule has 0 fully saturated rings. The number of esters is 1. The van der Waals surface area contributed by atoms with Crippen molar-refractivity contribution in [2.24, 2.45) is 0 Å². The van der Waals surface area contributed by atoms with Gasteiger partial charge in [-0.05, 0) is 19.9 Å². The van der Waals surface area contributed by atoms with E-state index in [0.717, 1.165) is 5.69 Å². The molecular weight excluding hydrogens is 182 g/mol. The molecule has 1 aromatic rings. The molecule has 1 unspecified atom stereocenters. The molecule has 1 rings (SSSR count). The van der Waals surface area contributed by atoms with E-state index in [-0.39, 0.29) is 5.56 Å². The molecule has 4 heteroatoms. The van der Waals surface area contributed by atoms with Crippen LogP contribution in [-0.2, 0) is 9.53 Å². The van der Waals surface area contributed by atoms with Gasteiger partial charge in [0.25, 0.3) is 5.56 Å². The molecule has 0 aromatic carbocycles. The van der Waals surface area contributed by atoms with Crippen LogP contribution < -0.4 is 5.56 Å². The number of hydrogen-bond donors (Lipinski definition) is 0. The third-order valence-electron chi connectivity index (χ3n) is 1.89. The van der Waals surface area contributed by atoms with Crippen molar-refractivity contribution in [3.8, 4) is 0 Å². The summed E-state index contributed by atoms with van der Waals surface area (Å²) in [5, 5.41) is 0. The van der Waals surface area contributed by atoms with Gasteiger partial charge in [-0.3, -0.25) is 14.2 Å². The first-order valence-electron chi connectivity index (χ1n) is 4.37. The van der Waals surface area contributed by atoms with E-state index in [1.54, 1.807) is 26.0 Å². The Morgan fingerprint density at radius 2 is 2.14 bits per heavy atom. The van der Waals surface area contributed by atoms with Crippen molar-refractivity contribution in [1.82, 2.24) is 4.57 Å². The van der Waals surface area contributed by atoms with Crippen molar-refractivity contribution in [1.29, 1.82) is 0 Å². The number of aromatic nitrogens is 1. The van der Waals surface area contributed by atoms with Gasteiger partial charge in [-0.15, -0.1) is 0 Å². The topological polar surface area (TPSA) is 48.3 Å². The molecule has 0 saturated heterocycles. The van der Waals surface area contributed by atoms with E-state index in [9.17, 15) is 9.59 Å². The number of ether oxygens (including phenoxy) is 1. The van der Waals surface area contributed by atoms with Gasteiger partial charge in [0.1, 0.15) is 0 Å². The quantitative estimate of drug-likeness (QED) is 0.667. The summed E-state index contributed by atoms with van der Waals surface area (Å²) in [7, 11) is 0. The zero-order valence-corrected chi connectivity index (χ0v) is 8.48. The van der Waals surface area contributed by atoms with E-state index in [1.165, 1.54) is 17.6 Å². The smallest absolute Gasteiger partial charge is 0.304 e. The third-order valence-corrected chi connectivity index (χ3v) is 1.89. The molecule has 0 amide bonds. The molecule has 0 aliphatic rings. The Bertz CT molecular complexity index is 395. The molecule has 4 nitrogen and oxygen atoms in total. The van der Waals surface area contributed by atoms with Gasteiger partial charge in [0, 0.05) is 18.7 Å². The second-order valence-electron chi connectivity index (χ2n) is 3.08. The van der Waals surface area contributed by atoms with Gasteiger partial charge in [0.05, 0.1) is 0 Å². The van der Waals surface area contributed by atoms with Crippen LogP contribution in [0.4, 0.5) is 0 Å². The number of carbonyl (C=O) groups is 1. The zero-order valence-electron chi connectivity index (χ0n) is 8.48. The second kappa shape index (κ2) is 4.09. The molecule has 14 heavy (non-hydrogen) atoms. The van der Waals surface area contributed by atoms with Crippen molar-refractivity contribution in [3.63, 3.8) is 0 Å². The highest BCUT2D eigenvalue weighted by molar-refractivity contribution is 5.65. The van der Waals surface area contributed by atoms with Crippen LogP contribution in [0.2, 0.25) is 0 Å². The number of rotatable bonds is 2. The summed E-state index contributed by atoms with van der Waals surface area (Å²) in [6.07, 6.45) is -0.554. The Balaban J connectivity index is 3.06. The molecule has 1 atom stereocenters. The second-order valence-corrected chi connectivity index (χ2v) is 3.08. The molecular formula is C10H13NO3. The Morgan fingerprint density at radius 1 is 1.50 bits per heavy atom. The molecule has 0 aliphatic carbocycles. The fourth-order valence-corrected chi connectivity index (χ4v) is 1.36. The summed E-state index contributed by atoms with van der Waals surface area (Å²) in [5.41, 5.74) is 0.602. The van der Waals surface area contributed by atoms with Gasteiger partial charge in [-0.2, -0.15) is 0 Å². The number of nitrogens with zero attached hydrogens (tertiary/aromatic N) is 1. The van der Waals surface area contributed by atoms with Crippen LogP contribution in [0.5, 0.6) is 0 Å². The predicted octanol–water partition coefficient (Wildman–Crippen LogP) is 1.24. The van der Waals surface area contributed by atoms with Gasteiger partial charge < -0.3 is 4.74 Å². The Kier molecular flexibility index (Phi) is 3.06. The molecule has 0 bridgehead atoms. The molecule has 0 saturated carbocycles. The van der Waals surface area contributed by atoms with Crippen molar-refractivity contribution < 1.29 is 9.53 Å². The summed E-state index contributed by atoms with van der Waals surface area (Å²) < 4.78 is 6.35. The highest BCUT2D eigenvalue weighted by Gasteiger charge is 2.10. The standard InChI is InChI=1S/C10H13NO3/c1-7-5-4-6-10(13)11(7)8(2)14-9(3)12/h4-6,8H,1-3H3. The molecule has 1 aromatic heterocycles. The van der Waals surface area contributed by atoms with E-state index in [1.807, 2.05) is 0 Å². The van der Waals surface area contributed by atoms with E-state index in [4.69, 9.17) is 4.74 Å². The van der Waals surface area contributed by atoms with Crippen molar-refractivity contribution >= 4 is 5.97 Å². The van der Waals surface area contributed by atoms with E-state index in [2.05, 4.69) is 0 Å². The van der Waals surface area contributed by atoms with Gasteiger partial charge >= 0.3 is 5.97 Å². The van der Waals surface area contributed by atoms with Crippen LogP contribution in [0.1, 0.15) is 25.8 Å². The molecule has 76 valence electrons. The lowest BCUT2D eigenvalue weighted by atomic mass is 10.3. The van der Waals surface area contributed by atoms with Crippen LogP contribution in [0, 0.1) is 6.92 Å². The molecule has 0 spiro atoms. The van der Waals surface area contributed by atoms with E-state index in [0.29, 0.717) is 0 Å². The minimum Gasteiger partial charge on any atom is -0.442 e. The highest BCUT2D eigenvalue weighted by Crippen LogP contribution is 2.07.